The second-order valence-corrected chi connectivity index (χ2v) is 8.29. The number of carbonyl (C=O) groups excluding carboxylic acids is 1. The number of piperidine rings is 1. The van der Waals surface area contributed by atoms with E-state index in [-0.39, 0.29) is 11.8 Å². The largest absolute Gasteiger partial charge is 0.423 e. The highest BCUT2D eigenvalue weighted by Gasteiger charge is 2.32. The van der Waals surface area contributed by atoms with Crippen LogP contribution in [0.15, 0.2) is 22.6 Å². The van der Waals surface area contributed by atoms with Gasteiger partial charge in [0.15, 0.2) is 5.58 Å². The van der Waals surface area contributed by atoms with Gasteiger partial charge in [-0.25, -0.2) is 0 Å². The molecule has 0 radical (unpaired) electrons. The molecule has 2 fully saturated rings. The molecule has 0 bridgehead atoms. The molecule has 1 aromatic carbocycles. The molecule has 4 rings (SSSR count). The summed E-state index contributed by atoms with van der Waals surface area (Å²) in [5.41, 5.74) is 1.49. The molecule has 2 saturated heterocycles. The topological polar surface area (TPSA) is 52.8 Å². The summed E-state index contributed by atoms with van der Waals surface area (Å²) in [6.07, 6.45) is 1.91. The number of hydrogen-bond acceptors (Lipinski definition) is 5. The van der Waals surface area contributed by atoms with Crippen LogP contribution in [0, 0.1) is 5.92 Å². The van der Waals surface area contributed by atoms with Crippen LogP contribution in [0.2, 0.25) is 5.02 Å². The first-order chi connectivity index (χ1) is 13.0. The molecule has 1 unspecified atom stereocenters. The Morgan fingerprint density at radius 1 is 1.22 bits per heavy atom. The van der Waals surface area contributed by atoms with E-state index in [1.165, 1.54) is 0 Å². The van der Waals surface area contributed by atoms with Gasteiger partial charge >= 0.3 is 0 Å². The summed E-state index contributed by atoms with van der Waals surface area (Å²) in [4.78, 5) is 24.2. The van der Waals surface area contributed by atoms with Crippen LogP contribution in [0.25, 0.3) is 11.1 Å². The Labute approximate surface area is 165 Å². The highest BCUT2D eigenvalue weighted by atomic mass is 35.5. The van der Waals surface area contributed by atoms with Crippen molar-refractivity contribution in [3.8, 4) is 0 Å². The third kappa shape index (κ3) is 3.92. The first kappa shape index (κ1) is 18.6. The number of hydrogen-bond donors (Lipinski definition) is 0. The van der Waals surface area contributed by atoms with E-state index >= 15 is 0 Å². The smallest absolute Gasteiger partial charge is 0.298 e. The van der Waals surface area contributed by atoms with Crippen molar-refractivity contribution in [2.45, 2.75) is 32.7 Å². The molecule has 0 spiro atoms. The van der Waals surface area contributed by atoms with E-state index in [0.717, 1.165) is 56.7 Å². The van der Waals surface area contributed by atoms with Crippen molar-refractivity contribution < 1.29 is 9.21 Å². The highest BCUT2D eigenvalue weighted by molar-refractivity contribution is 6.31. The van der Waals surface area contributed by atoms with Gasteiger partial charge in [0.05, 0.1) is 5.92 Å². The zero-order valence-electron chi connectivity index (χ0n) is 16.0. The molecule has 1 atom stereocenters. The van der Waals surface area contributed by atoms with Gasteiger partial charge < -0.3 is 14.2 Å². The number of piperazine rings is 1. The minimum atomic E-state index is 0.0166. The summed E-state index contributed by atoms with van der Waals surface area (Å²) in [7, 11) is 0. The van der Waals surface area contributed by atoms with Gasteiger partial charge in [-0.15, -0.1) is 0 Å². The number of anilines is 1. The molecule has 27 heavy (non-hydrogen) atoms. The van der Waals surface area contributed by atoms with E-state index in [1.807, 2.05) is 17.0 Å². The van der Waals surface area contributed by atoms with Gasteiger partial charge in [-0.1, -0.05) is 11.6 Å². The molecule has 2 aromatic rings. The summed E-state index contributed by atoms with van der Waals surface area (Å²) in [6.45, 7) is 9.55. The number of rotatable bonds is 3. The standard InChI is InChI=1S/C20H27ClN4O2/c1-14(2)23-8-10-24(11-9-23)19(26)15-4-3-7-25(13-15)20-22-17-12-16(21)5-6-18(17)27-20/h5-6,12,14-15H,3-4,7-11,13H2,1-2H3. The van der Waals surface area contributed by atoms with E-state index in [0.29, 0.717) is 23.6 Å². The Morgan fingerprint density at radius 2 is 2.00 bits per heavy atom. The molecule has 0 saturated carbocycles. The van der Waals surface area contributed by atoms with E-state index in [2.05, 4.69) is 28.6 Å². The number of halogens is 1. The van der Waals surface area contributed by atoms with Crippen molar-refractivity contribution in [3.05, 3.63) is 23.2 Å². The van der Waals surface area contributed by atoms with Crippen molar-refractivity contribution in [1.29, 1.82) is 0 Å². The first-order valence-electron chi connectivity index (χ1n) is 9.85. The predicted octanol–water partition coefficient (Wildman–Crippen LogP) is 3.25. The molecular formula is C20H27ClN4O2. The summed E-state index contributed by atoms with van der Waals surface area (Å²) < 4.78 is 5.90. The van der Waals surface area contributed by atoms with Gasteiger partial charge in [0.25, 0.3) is 6.01 Å². The zero-order chi connectivity index (χ0) is 19.0. The summed E-state index contributed by atoms with van der Waals surface area (Å²) >= 11 is 6.05. The molecule has 146 valence electrons. The van der Waals surface area contributed by atoms with Crippen LogP contribution in [-0.4, -0.2) is 66.0 Å². The average molecular weight is 391 g/mol. The molecule has 2 aliphatic heterocycles. The molecule has 0 N–H and O–H groups in total. The Hall–Kier alpha value is -1.79. The monoisotopic (exact) mass is 390 g/mol. The highest BCUT2D eigenvalue weighted by Crippen LogP contribution is 2.28. The fourth-order valence-corrected chi connectivity index (χ4v) is 4.26. The van der Waals surface area contributed by atoms with Crippen molar-refractivity contribution in [2.24, 2.45) is 5.92 Å². The SMILES string of the molecule is CC(C)N1CCN(C(=O)C2CCCN(c3nc4cc(Cl)ccc4o3)C2)CC1. The molecular weight excluding hydrogens is 364 g/mol. The van der Waals surface area contributed by atoms with Crippen LogP contribution in [0.5, 0.6) is 0 Å². The molecule has 1 amide bonds. The molecule has 6 nitrogen and oxygen atoms in total. The average Bonchev–Trinajstić information content (AvgIpc) is 3.11. The van der Waals surface area contributed by atoms with Crippen molar-refractivity contribution in [1.82, 2.24) is 14.8 Å². The van der Waals surface area contributed by atoms with E-state index < -0.39 is 0 Å². The van der Waals surface area contributed by atoms with E-state index in [9.17, 15) is 4.79 Å². The molecule has 0 aliphatic carbocycles. The maximum absolute atomic E-state index is 13.0. The van der Waals surface area contributed by atoms with Crippen molar-refractivity contribution in [3.63, 3.8) is 0 Å². The normalized spacial score (nSPS) is 22.0. The Kier molecular flexibility index (Phi) is 5.28. The van der Waals surface area contributed by atoms with Crippen LogP contribution in [0.4, 0.5) is 6.01 Å². The Bertz CT molecular complexity index is 813. The number of benzene rings is 1. The predicted molar refractivity (Wildman–Crippen MR) is 107 cm³/mol. The number of amides is 1. The third-order valence-corrected chi connectivity index (χ3v) is 5.97. The number of fused-ring (bicyclic) bond motifs is 1. The Balaban J connectivity index is 1.42. The van der Waals surface area contributed by atoms with Gasteiger partial charge in [0.1, 0.15) is 5.52 Å². The Morgan fingerprint density at radius 3 is 2.74 bits per heavy atom. The quantitative estimate of drug-likeness (QED) is 0.805. The lowest BCUT2D eigenvalue weighted by molar-refractivity contribution is -0.137. The van der Waals surface area contributed by atoms with Crippen LogP contribution in [0.3, 0.4) is 0 Å². The van der Waals surface area contributed by atoms with Crippen molar-refractivity contribution >= 4 is 34.6 Å². The van der Waals surface area contributed by atoms with E-state index in [4.69, 9.17) is 16.0 Å². The van der Waals surface area contributed by atoms with Crippen LogP contribution in [-0.2, 0) is 4.79 Å². The third-order valence-electron chi connectivity index (χ3n) is 5.74. The van der Waals surface area contributed by atoms with Gasteiger partial charge in [-0.3, -0.25) is 9.69 Å². The maximum atomic E-state index is 13.0. The van der Waals surface area contributed by atoms with Gasteiger partial charge in [0.2, 0.25) is 5.91 Å². The number of oxazole rings is 1. The van der Waals surface area contributed by atoms with Crippen molar-refractivity contribution in [2.75, 3.05) is 44.2 Å². The fraction of sp³-hybridized carbons (Fsp3) is 0.600. The van der Waals surface area contributed by atoms with E-state index in [1.54, 1.807) is 6.07 Å². The lowest BCUT2D eigenvalue weighted by Crippen LogP contribution is -2.53. The first-order valence-corrected chi connectivity index (χ1v) is 10.2. The van der Waals surface area contributed by atoms with Gasteiger partial charge in [-0.05, 0) is 44.9 Å². The minimum Gasteiger partial charge on any atom is -0.423 e. The number of nitrogens with zero attached hydrogens (tertiary/aromatic N) is 4. The minimum absolute atomic E-state index is 0.0166. The molecule has 1 aromatic heterocycles. The maximum Gasteiger partial charge on any atom is 0.298 e. The summed E-state index contributed by atoms with van der Waals surface area (Å²) in [6, 6.07) is 6.59. The summed E-state index contributed by atoms with van der Waals surface area (Å²) in [5.74, 6) is 0.296. The lowest BCUT2D eigenvalue weighted by Gasteiger charge is -2.40. The number of carbonyl (C=O) groups is 1. The number of aromatic nitrogens is 1. The van der Waals surface area contributed by atoms with Crippen LogP contribution in [0.1, 0.15) is 26.7 Å². The fourth-order valence-electron chi connectivity index (χ4n) is 4.09. The molecule has 7 heteroatoms. The summed E-state index contributed by atoms with van der Waals surface area (Å²) in [5, 5.41) is 0.648. The second kappa shape index (κ2) is 7.68. The molecule has 3 heterocycles. The second-order valence-electron chi connectivity index (χ2n) is 7.85. The zero-order valence-corrected chi connectivity index (χ0v) is 16.8. The van der Waals surface area contributed by atoms with Gasteiger partial charge in [0, 0.05) is 50.3 Å². The van der Waals surface area contributed by atoms with Crippen LogP contribution >= 0.6 is 11.6 Å². The van der Waals surface area contributed by atoms with Gasteiger partial charge in [-0.2, -0.15) is 4.98 Å². The lowest BCUT2D eigenvalue weighted by atomic mass is 9.96. The molecule has 2 aliphatic rings. The van der Waals surface area contributed by atoms with Crippen LogP contribution < -0.4 is 4.90 Å².